The van der Waals surface area contributed by atoms with Crippen LogP contribution in [0.15, 0.2) is 30.3 Å². The van der Waals surface area contributed by atoms with Gasteiger partial charge in [-0.3, -0.25) is 0 Å². The smallest absolute Gasteiger partial charge is 0.146 e. The Morgan fingerprint density at radius 3 is 2.27 bits per heavy atom. The molecule has 0 fully saturated rings. The Balaban J connectivity index is 2.18. The maximum Gasteiger partial charge on any atom is 0.146 e. The molecule has 3 aromatic rings. The molecule has 2 aromatic carbocycles. The van der Waals surface area contributed by atoms with Crippen molar-refractivity contribution in [2.45, 2.75) is 40.0 Å². The molecule has 0 spiro atoms. The number of rotatable bonds is 4. The summed E-state index contributed by atoms with van der Waals surface area (Å²) in [6.07, 6.45) is 2.67. The highest BCUT2D eigenvalue weighted by Crippen LogP contribution is 2.28. The third-order valence-electron chi connectivity index (χ3n) is 4.09. The maximum atomic E-state index is 10.5. The first-order chi connectivity index (χ1) is 10.7. The van der Waals surface area contributed by atoms with Gasteiger partial charge in [-0.25, -0.2) is 0 Å². The van der Waals surface area contributed by atoms with Crippen LogP contribution in [0.25, 0.3) is 16.7 Å². The van der Waals surface area contributed by atoms with E-state index in [1.54, 1.807) is 4.80 Å². The van der Waals surface area contributed by atoms with Gasteiger partial charge < -0.3 is 5.11 Å². The van der Waals surface area contributed by atoms with Crippen LogP contribution in [0, 0.1) is 0 Å². The van der Waals surface area contributed by atoms with Gasteiger partial charge >= 0.3 is 0 Å². The van der Waals surface area contributed by atoms with E-state index in [2.05, 4.69) is 42.2 Å². The molecule has 1 N–H and O–H groups in total. The summed E-state index contributed by atoms with van der Waals surface area (Å²) in [5.41, 5.74) is 5.71. The molecule has 0 radical (unpaired) electrons. The van der Waals surface area contributed by atoms with Crippen LogP contribution >= 0.6 is 0 Å². The lowest BCUT2D eigenvalue weighted by Gasteiger charge is -2.10. The molecule has 0 aliphatic carbocycles. The molecule has 0 aliphatic rings. The van der Waals surface area contributed by atoms with Gasteiger partial charge in [0.1, 0.15) is 22.5 Å². The zero-order valence-corrected chi connectivity index (χ0v) is 13.3. The highest BCUT2D eigenvalue weighted by Gasteiger charge is 2.13. The average molecular weight is 295 g/mol. The number of nitrogens with zero attached hydrogens (tertiary/aromatic N) is 3. The van der Waals surface area contributed by atoms with E-state index in [0.717, 1.165) is 35.9 Å². The predicted molar refractivity (Wildman–Crippen MR) is 88.7 cm³/mol. The standard InChI is InChI=1S/C18H21N3O/c1-4-12-7-8-15-16(10-12)20-21(19-15)17-11-13(5-2)9-14(6-3)18(17)22/h7-11,22H,4-6H2,1-3H3. The maximum absolute atomic E-state index is 10.5. The van der Waals surface area contributed by atoms with Crippen LogP contribution in [-0.2, 0) is 19.3 Å². The topological polar surface area (TPSA) is 50.9 Å². The second kappa shape index (κ2) is 5.79. The molecule has 4 heteroatoms. The second-order valence-electron chi connectivity index (χ2n) is 5.50. The minimum absolute atomic E-state index is 0.274. The number of hydrogen-bond acceptors (Lipinski definition) is 3. The van der Waals surface area contributed by atoms with Crippen molar-refractivity contribution in [3.05, 3.63) is 47.0 Å². The molecule has 0 unspecified atom stereocenters. The van der Waals surface area contributed by atoms with Crippen molar-refractivity contribution in [3.63, 3.8) is 0 Å². The lowest BCUT2D eigenvalue weighted by atomic mass is 10.0. The van der Waals surface area contributed by atoms with Crippen LogP contribution in [0.4, 0.5) is 0 Å². The Morgan fingerprint density at radius 2 is 1.59 bits per heavy atom. The monoisotopic (exact) mass is 295 g/mol. The Labute approximate surface area is 130 Å². The van der Waals surface area contributed by atoms with Crippen LogP contribution in [-0.4, -0.2) is 20.1 Å². The highest BCUT2D eigenvalue weighted by atomic mass is 16.3. The van der Waals surface area contributed by atoms with Crippen molar-refractivity contribution >= 4 is 11.0 Å². The van der Waals surface area contributed by atoms with Crippen molar-refractivity contribution in [1.82, 2.24) is 15.0 Å². The van der Waals surface area contributed by atoms with Gasteiger partial charge in [-0.05, 0) is 54.2 Å². The average Bonchev–Trinajstić information content (AvgIpc) is 2.97. The summed E-state index contributed by atoms with van der Waals surface area (Å²) in [4.78, 5) is 1.55. The van der Waals surface area contributed by atoms with Crippen LogP contribution in [0.1, 0.15) is 37.5 Å². The number of aromatic hydroxyl groups is 1. The summed E-state index contributed by atoms with van der Waals surface area (Å²) in [6, 6.07) is 10.1. The largest absolute Gasteiger partial charge is 0.505 e. The minimum Gasteiger partial charge on any atom is -0.505 e. The predicted octanol–water partition coefficient (Wildman–Crippen LogP) is 3.81. The van der Waals surface area contributed by atoms with Crippen molar-refractivity contribution < 1.29 is 5.11 Å². The van der Waals surface area contributed by atoms with Gasteiger partial charge in [-0.15, -0.1) is 15.0 Å². The van der Waals surface area contributed by atoms with Crippen molar-refractivity contribution in [2.75, 3.05) is 0 Å². The Bertz CT molecular complexity index is 821. The summed E-state index contributed by atoms with van der Waals surface area (Å²) in [5.74, 6) is 0.274. The first-order valence-electron chi connectivity index (χ1n) is 7.87. The molecule has 0 amide bonds. The molecule has 1 aromatic heterocycles. The molecule has 0 aliphatic heterocycles. The van der Waals surface area contributed by atoms with Gasteiger partial charge in [0.15, 0.2) is 0 Å². The van der Waals surface area contributed by atoms with E-state index < -0.39 is 0 Å². The van der Waals surface area contributed by atoms with E-state index in [4.69, 9.17) is 0 Å². The summed E-state index contributed by atoms with van der Waals surface area (Å²) in [7, 11) is 0. The van der Waals surface area contributed by atoms with Crippen LogP contribution < -0.4 is 0 Å². The zero-order chi connectivity index (χ0) is 15.7. The molecule has 3 rings (SSSR count). The quantitative estimate of drug-likeness (QED) is 0.796. The Morgan fingerprint density at radius 1 is 0.864 bits per heavy atom. The SMILES string of the molecule is CCc1cc(CC)c(O)c(-n2nc3ccc(CC)cc3n2)c1. The molecular formula is C18H21N3O. The molecule has 22 heavy (non-hydrogen) atoms. The van der Waals surface area contributed by atoms with E-state index in [9.17, 15) is 5.11 Å². The molecule has 0 saturated carbocycles. The van der Waals surface area contributed by atoms with Crippen LogP contribution in [0.5, 0.6) is 5.75 Å². The first kappa shape index (κ1) is 14.6. The number of phenols is 1. The lowest BCUT2D eigenvalue weighted by Crippen LogP contribution is -2.02. The van der Waals surface area contributed by atoms with Crippen molar-refractivity contribution in [2.24, 2.45) is 0 Å². The van der Waals surface area contributed by atoms with Crippen LogP contribution in [0.2, 0.25) is 0 Å². The summed E-state index contributed by atoms with van der Waals surface area (Å²) >= 11 is 0. The number of hydrogen-bond donors (Lipinski definition) is 1. The summed E-state index contributed by atoms with van der Waals surface area (Å²) in [5, 5.41) is 19.6. The molecule has 114 valence electrons. The van der Waals surface area contributed by atoms with E-state index >= 15 is 0 Å². The fourth-order valence-corrected chi connectivity index (χ4v) is 2.66. The molecule has 0 bridgehead atoms. The number of benzene rings is 2. The third-order valence-corrected chi connectivity index (χ3v) is 4.09. The van der Waals surface area contributed by atoms with Gasteiger partial charge in [0.05, 0.1) is 0 Å². The van der Waals surface area contributed by atoms with Crippen molar-refractivity contribution in [1.29, 1.82) is 0 Å². The molecule has 0 saturated heterocycles. The summed E-state index contributed by atoms with van der Waals surface area (Å²) in [6.45, 7) is 6.27. The normalized spacial score (nSPS) is 11.2. The highest BCUT2D eigenvalue weighted by molar-refractivity contribution is 5.75. The van der Waals surface area contributed by atoms with E-state index in [1.165, 1.54) is 11.1 Å². The zero-order valence-electron chi connectivity index (χ0n) is 13.3. The van der Waals surface area contributed by atoms with E-state index in [0.29, 0.717) is 5.69 Å². The van der Waals surface area contributed by atoms with Gasteiger partial charge in [0.2, 0.25) is 0 Å². The number of fused-ring (bicyclic) bond motifs is 1. The minimum atomic E-state index is 0.274. The lowest BCUT2D eigenvalue weighted by molar-refractivity contribution is 0.461. The van der Waals surface area contributed by atoms with Gasteiger partial charge in [-0.1, -0.05) is 32.9 Å². The Hall–Kier alpha value is -2.36. The molecule has 1 heterocycles. The third kappa shape index (κ3) is 2.45. The molecule has 0 atom stereocenters. The summed E-state index contributed by atoms with van der Waals surface area (Å²) < 4.78 is 0. The van der Waals surface area contributed by atoms with Gasteiger partial charge in [0, 0.05) is 0 Å². The van der Waals surface area contributed by atoms with Crippen LogP contribution in [0.3, 0.4) is 0 Å². The fourth-order valence-electron chi connectivity index (χ4n) is 2.66. The fraction of sp³-hybridized carbons (Fsp3) is 0.333. The van der Waals surface area contributed by atoms with Gasteiger partial charge in [0.25, 0.3) is 0 Å². The second-order valence-corrected chi connectivity index (χ2v) is 5.50. The Kier molecular flexibility index (Phi) is 3.84. The van der Waals surface area contributed by atoms with E-state index in [1.807, 2.05) is 19.1 Å². The number of aromatic nitrogens is 3. The van der Waals surface area contributed by atoms with Crippen molar-refractivity contribution in [3.8, 4) is 11.4 Å². The van der Waals surface area contributed by atoms with Gasteiger partial charge in [-0.2, -0.15) is 0 Å². The number of aryl methyl sites for hydroxylation is 3. The first-order valence-corrected chi connectivity index (χ1v) is 7.87. The molecule has 4 nitrogen and oxygen atoms in total. The molecular weight excluding hydrogens is 274 g/mol. The van der Waals surface area contributed by atoms with E-state index in [-0.39, 0.29) is 5.75 Å². The number of phenolic OH excluding ortho intramolecular Hbond substituents is 1.